The molecule has 0 aliphatic rings. The highest BCUT2D eigenvalue weighted by Gasteiger charge is 2.11. The summed E-state index contributed by atoms with van der Waals surface area (Å²) < 4.78 is 0. The van der Waals surface area contributed by atoms with E-state index in [0.717, 1.165) is 5.56 Å². The zero-order valence-corrected chi connectivity index (χ0v) is 15.6. The van der Waals surface area contributed by atoms with E-state index < -0.39 is 10.9 Å². The molecule has 150 valence electrons. The Kier molecular flexibility index (Phi) is 6.57. The number of anilines is 1. The topological polar surface area (TPSA) is 123 Å². The minimum atomic E-state index is -0.694. The largest absolute Gasteiger partial charge is 0.362 e. The summed E-state index contributed by atoms with van der Waals surface area (Å²) in [4.78, 5) is 38.9. The average molecular weight is 404 g/mol. The predicted molar refractivity (Wildman–Crippen MR) is 108 cm³/mol. The molecule has 0 aliphatic carbocycles. The summed E-state index contributed by atoms with van der Waals surface area (Å²) in [5.74, 6) is -1.05. The Balaban J connectivity index is 1.51. The number of non-ortho nitro benzene ring substituents is 1. The fourth-order valence-electron chi connectivity index (χ4n) is 2.40. The van der Waals surface area contributed by atoms with E-state index in [9.17, 15) is 19.7 Å². The maximum absolute atomic E-state index is 12.0. The molecule has 0 radical (unpaired) electrons. The fraction of sp³-hybridized carbons (Fsp3) is 0.0476. The van der Waals surface area contributed by atoms with Gasteiger partial charge in [-0.3, -0.25) is 14.9 Å². The number of nitro groups is 1. The average Bonchev–Trinajstić information content (AvgIpc) is 2.77. The third-order valence-electron chi connectivity index (χ3n) is 3.92. The van der Waals surface area contributed by atoms with E-state index >= 15 is 0 Å². The molecule has 3 aromatic carbocycles. The van der Waals surface area contributed by atoms with Gasteiger partial charge in [0.1, 0.15) is 0 Å². The Labute approximate surface area is 171 Å². The molecule has 1 N–H and O–H groups in total. The smallest absolute Gasteiger partial charge is 0.338 e. The molecule has 0 heterocycles. The van der Waals surface area contributed by atoms with E-state index in [-0.39, 0.29) is 23.6 Å². The Hall–Kier alpha value is -4.40. The molecule has 0 saturated heterocycles. The van der Waals surface area contributed by atoms with E-state index in [1.165, 1.54) is 24.3 Å². The molecule has 1 amide bonds. The van der Waals surface area contributed by atoms with Gasteiger partial charge in [-0.15, -0.1) is 10.2 Å². The number of hydrogen-bond donors (Lipinski definition) is 1. The minimum Gasteiger partial charge on any atom is -0.338 e. The third kappa shape index (κ3) is 5.80. The lowest BCUT2D eigenvalue weighted by Gasteiger charge is -2.06. The molecule has 9 heteroatoms. The highest BCUT2D eigenvalue weighted by molar-refractivity contribution is 5.90. The van der Waals surface area contributed by atoms with Crippen molar-refractivity contribution >= 4 is 28.9 Å². The molecule has 3 aromatic rings. The predicted octanol–water partition coefficient (Wildman–Crippen LogP) is 4.63. The van der Waals surface area contributed by atoms with Gasteiger partial charge in [0, 0.05) is 12.1 Å². The number of azo groups is 1. The fourth-order valence-corrected chi connectivity index (χ4v) is 2.40. The number of carbonyl (C=O) groups excluding carboxylic acids is 2. The van der Waals surface area contributed by atoms with Crippen molar-refractivity contribution in [1.82, 2.24) is 0 Å². The second-order valence-corrected chi connectivity index (χ2v) is 6.10. The molecule has 30 heavy (non-hydrogen) atoms. The van der Waals surface area contributed by atoms with Gasteiger partial charge in [-0.2, -0.15) is 0 Å². The van der Waals surface area contributed by atoms with Gasteiger partial charge in [0.25, 0.3) is 11.6 Å². The number of benzene rings is 3. The quantitative estimate of drug-likeness (QED) is 0.348. The van der Waals surface area contributed by atoms with Gasteiger partial charge in [-0.25, -0.2) is 10.3 Å². The Morgan fingerprint density at radius 2 is 1.60 bits per heavy atom. The molecule has 0 aromatic heterocycles. The summed E-state index contributed by atoms with van der Waals surface area (Å²) in [5.41, 5.74) is 4.32. The molecule has 0 aliphatic heterocycles. The van der Waals surface area contributed by atoms with E-state index in [1.54, 1.807) is 24.3 Å². The van der Waals surface area contributed by atoms with Crippen molar-refractivity contribution in [2.24, 2.45) is 10.2 Å². The second-order valence-electron chi connectivity index (χ2n) is 6.10. The van der Waals surface area contributed by atoms with Gasteiger partial charge in [0.2, 0.25) is 0 Å². The van der Waals surface area contributed by atoms with Gasteiger partial charge < -0.3 is 4.84 Å². The lowest BCUT2D eigenvalue weighted by atomic mass is 10.1. The monoisotopic (exact) mass is 404 g/mol. The van der Waals surface area contributed by atoms with Crippen LogP contribution in [0.25, 0.3) is 0 Å². The first-order valence-electron chi connectivity index (χ1n) is 8.81. The lowest BCUT2D eigenvalue weighted by molar-refractivity contribution is -0.384. The maximum atomic E-state index is 12.0. The first-order chi connectivity index (χ1) is 14.5. The highest BCUT2D eigenvalue weighted by atomic mass is 16.7. The maximum Gasteiger partial charge on any atom is 0.362 e. The molecule has 0 atom stereocenters. The lowest BCUT2D eigenvalue weighted by Crippen LogP contribution is -2.10. The minimum absolute atomic E-state index is 0.119. The van der Waals surface area contributed by atoms with Crippen molar-refractivity contribution in [2.75, 3.05) is 5.48 Å². The number of rotatable bonds is 7. The van der Waals surface area contributed by atoms with Crippen molar-refractivity contribution in [2.45, 2.75) is 6.42 Å². The summed E-state index contributed by atoms with van der Waals surface area (Å²) in [5, 5.41) is 18.2. The third-order valence-corrected chi connectivity index (χ3v) is 3.92. The van der Waals surface area contributed by atoms with Gasteiger partial charge in [-0.05, 0) is 42.0 Å². The highest BCUT2D eigenvalue weighted by Crippen LogP contribution is 2.18. The summed E-state index contributed by atoms with van der Waals surface area (Å²) in [6.07, 6.45) is 0.169. The van der Waals surface area contributed by atoms with Crippen LogP contribution in [-0.2, 0) is 16.1 Å². The first-order valence-corrected chi connectivity index (χ1v) is 8.81. The molecule has 9 nitrogen and oxygen atoms in total. The van der Waals surface area contributed by atoms with Crippen LogP contribution in [0.4, 0.5) is 17.1 Å². The molecule has 0 unspecified atom stereocenters. The Morgan fingerprint density at radius 3 is 2.23 bits per heavy atom. The van der Waals surface area contributed by atoms with Gasteiger partial charge in [-0.1, -0.05) is 30.3 Å². The first kappa shape index (κ1) is 20.3. The van der Waals surface area contributed by atoms with Crippen LogP contribution in [0.3, 0.4) is 0 Å². The molecule has 0 saturated carbocycles. The second kappa shape index (κ2) is 9.69. The van der Waals surface area contributed by atoms with E-state index in [2.05, 4.69) is 15.7 Å². The standard InChI is InChI=1S/C21H16N4O5/c26-20(14-15-4-2-1-3-5-15)23-22-17-8-10-18(11-9-17)24-30-21(27)16-6-12-19(13-7-16)25(28)29/h1-13,24H,14H2. The zero-order valence-electron chi connectivity index (χ0n) is 15.6. The van der Waals surface area contributed by atoms with Crippen LogP contribution in [0.15, 0.2) is 89.1 Å². The van der Waals surface area contributed by atoms with Crippen molar-refractivity contribution in [3.05, 3.63) is 100 Å². The number of nitrogens with one attached hydrogen (secondary N) is 1. The number of nitro benzene ring substituents is 1. The van der Waals surface area contributed by atoms with Crippen molar-refractivity contribution in [1.29, 1.82) is 0 Å². The van der Waals surface area contributed by atoms with Crippen LogP contribution in [-0.4, -0.2) is 16.8 Å². The number of amides is 1. The molecule has 3 rings (SSSR count). The number of nitrogens with zero attached hydrogens (tertiary/aromatic N) is 3. The molecule has 0 bridgehead atoms. The summed E-state index contributed by atoms with van der Waals surface area (Å²) in [7, 11) is 0. The van der Waals surface area contributed by atoms with Crippen LogP contribution in [0.1, 0.15) is 15.9 Å². The molecular weight excluding hydrogens is 388 g/mol. The van der Waals surface area contributed by atoms with Crippen molar-refractivity contribution in [3.63, 3.8) is 0 Å². The molecular formula is C21H16N4O5. The van der Waals surface area contributed by atoms with Crippen molar-refractivity contribution < 1.29 is 19.3 Å². The Bertz CT molecular complexity index is 1060. The van der Waals surface area contributed by atoms with E-state index in [4.69, 9.17) is 4.84 Å². The SMILES string of the molecule is O=C(Cc1ccccc1)N=Nc1ccc(NOC(=O)c2ccc([N+](=O)[O-])cc2)cc1. The van der Waals surface area contributed by atoms with Crippen LogP contribution in [0, 0.1) is 10.1 Å². The van der Waals surface area contributed by atoms with Crippen molar-refractivity contribution in [3.8, 4) is 0 Å². The summed E-state index contributed by atoms with van der Waals surface area (Å²) in [6, 6.07) is 20.7. The Morgan fingerprint density at radius 1 is 0.933 bits per heavy atom. The number of hydrogen-bond acceptors (Lipinski definition) is 7. The zero-order chi connectivity index (χ0) is 21.3. The van der Waals surface area contributed by atoms with Gasteiger partial charge in [0.05, 0.1) is 28.3 Å². The summed E-state index contributed by atoms with van der Waals surface area (Å²) in [6.45, 7) is 0. The normalized spacial score (nSPS) is 10.5. The molecule has 0 fully saturated rings. The summed E-state index contributed by atoms with van der Waals surface area (Å²) >= 11 is 0. The van der Waals surface area contributed by atoms with Gasteiger partial charge in [0.15, 0.2) is 0 Å². The number of carbonyl (C=O) groups is 2. The van der Waals surface area contributed by atoms with Crippen LogP contribution < -0.4 is 5.48 Å². The van der Waals surface area contributed by atoms with E-state index in [1.807, 2.05) is 30.3 Å². The van der Waals surface area contributed by atoms with Gasteiger partial charge >= 0.3 is 5.97 Å². The molecule has 0 spiro atoms. The van der Waals surface area contributed by atoms with Crippen LogP contribution >= 0.6 is 0 Å². The van der Waals surface area contributed by atoms with E-state index in [0.29, 0.717) is 11.4 Å². The van der Waals surface area contributed by atoms with Crippen LogP contribution in [0.2, 0.25) is 0 Å². The van der Waals surface area contributed by atoms with Crippen LogP contribution in [0.5, 0.6) is 0 Å².